The van der Waals surface area contributed by atoms with E-state index in [1.54, 1.807) is 13.0 Å². The maximum absolute atomic E-state index is 12.0. The Kier molecular flexibility index (Phi) is 3.01. The van der Waals surface area contributed by atoms with Gasteiger partial charge in [0, 0.05) is 0 Å². The number of rotatable bonds is 1. The summed E-state index contributed by atoms with van der Waals surface area (Å²) in [5.74, 6) is -1.37. The molecule has 1 aromatic heterocycles. The first-order valence-electron chi connectivity index (χ1n) is 4.89. The smallest absolute Gasteiger partial charge is 0.290 e. The molecule has 7 heteroatoms. The van der Waals surface area contributed by atoms with E-state index in [0.717, 1.165) is 0 Å². The Morgan fingerprint density at radius 2 is 2.24 bits per heavy atom. The van der Waals surface area contributed by atoms with E-state index in [1.807, 2.05) is 0 Å². The van der Waals surface area contributed by atoms with Crippen molar-refractivity contribution in [2.24, 2.45) is 0 Å². The summed E-state index contributed by atoms with van der Waals surface area (Å²) in [5, 5.41) is 2.16. The van der Waals surface area contributed by atoms with Crippen LogP contribution in [0.1, 0.15) is 17.5 Å². The van der Waals surface area contributed by atoms with Crippen molar-refractivity contribution in [3.8, 4) is 0 Å². The second kappa shape index (κ2) is 4.33. The third-order valence-electron chi connectivity index (χ3n) is 2.47. The van der Waals surface area contributed by atoms with Gasteiger partial charge in [0.1, 0.15) is 12.6 Å². The van der Waals surface area contributed by atoms with Crippen molar-refractivity contribution in [3.05, 3.63) is 22.6 Å². The maximum atomic E-state index is 12.0. The largest absolute Gasteiger partial charge is 0.444 e. The van der Waals surface area contributed by atoms with Crippen LogP contribution in [0.25, 0.3) is 0 Å². The predicted octanol–water partition coefficient (Wildman–Crippen LogP) is 0.529. The van der Waals surface area contributed by atoms with Crippen LogP contribution < -0.4 is 5.32 Å². The highest BCUT2D eigenvalue weighted by Crippen LogP contribution is 2.17. The summed E-state index contributed by atoms with van der Waals surface area (Å²) in [6.07, 6.45) is 0. The lowest BCUT2D eigenvalue weighted by Crippen LogP contribution is -2.58. The Hall–Kier alpha value is -1.63. The monoisotopic (exact) mass is 300 g/mol. The molecule has 2 rings (SSSR count). The van der Waals surface area contributed by atoms with E-state index in [9.17, 15) is 14.4 Å². The molecule has 0 spiro atoms. The maximum Gasteiger partial charge on any atom is 0.290 e. The minimum atomic E-state index is -0.691. The number of hydrogen-bond acceptors (Lipinski definition) is 4. The molecule has 1 fully saturated rings. The molecule has 90 valence electrons. The summed E-state index contributed by atoms with van der Waals surface area (Å²) < 4.78 is 5.52. The molecule has 1 saturated heterocycles. The lowest BCUT2D eigenvalue weighted by Gasteiger charge is -2.30. The van der Waals surface area contributed by atoms with Gasteiger partial charge in [-0.05, 0) is 35.0 Å². The number of piperazine rings is 1. The molecule has 6 nitrogen and oxygen atoms in total. The van der Waals surface area contributed by atoms with E-state index in [-0.39, 0.29) is 12.3 Å². The number of carbonyl (C=O) groups excluding carboxylic acids is 3. The number of amides is 3. The number of nitrogens with zero attached hydrogens (tertiary/aromatic N) is 1. The van der Waals surface area contributed by atoms with Crippen LogP contribution >= 0.6 is 15.9 Å². The summed E-state index contributed by atoms with van der Waals surface area (Å²) >= 11 is 3.08. The van der Waals surface area contributed by atoms with Gasteiger partial charge in [-0.15, -0.1) is 0 Å². The zero-order chi connectivity index (χ0) is 12.6. The van der Waals surface area contributed by atoms with Crippen LogP contribution in [0.5, 0.6) is 0 Å². The highest BCUT2D eigenvalue weighted by atomic mass is 79.9. The van der Waals surface area contributed by atoms with Gasteiger partial charge in [-0.3, -0.25) is 19.7 Å². The van der Waals surface area contributed by atoms with Crippen molar-refractivity contribution in [3.63, 3.8) is 0 Å². The van der Waals surface area contributed by atoms with Crippen molar-refractivity contribution in [2.75, 3.05) is 6.54 Å². The van der Waals surface area contributed by atoms with Crippen molar-refractivity contribution >= 4 is 33.7 Å². The number of imide groups is 1. The molecule has 3 amide bonds. The molecule has 1 atom stereocenters. The van der Waals surface area contributed by atoms with Crippen molar-refractivity contribution in [1.82, 2.24) is 10.2 Å². The Bertz CT molecular complexity index is 496. The van der Waals surface area contributed by atoms with Gasteiger partial charge in [0.05, 0.1) is 0 Å². The van der Waals surface area contributed by atoms with Crippen LogP contribution in [0.15, 0.2) is 21.2 Å². The SMILES string of the molecule is CC1C(=O)NC(=O)CN1C(=O)c1ccc(Br)o1. The molecule has 0 bridgehead atoms. The van der Waals surface area contributed by atoms with Crippen LogP contribution in [0.4, 0.5) is 0 Å². The van der Waals surface area contributed by atoms with Crippen molar-refractivity contribution in [2.45, 2.75) is 13.0 Å². The second-order valence-corrected chi connectivity index (χ2v) is 4.41. The van der Waals surface area contributed by atoms with E-state index < -0.39 is 23.8 Å². The molecular formula is C10H9BrN2O4. The summed E-state index contributed by atoms with van der Waals surface area (Å²) in [4.78, 5) is 35.8. The fraction of sp³-hybridized carbons (Fsp3) is 0.300. The fourth-order valence-corrected chi connectivity index (χ4v) is 1.84. The lowest BCUT2D eigenvalue weighted by atomic mass is 10.2. The Balaban J connectivity index is 2.24. The summed E-state index contributed by atoms with van der Waals surface area (Å²) in [6.45, 7) is 1.40. The molecular weight excluding hydrogens is 292 g/mol. The molecule has 17 heavy (non-hydrogen) atoms. The summed E-state index contributed by atoms with van der Waals surface area (Å²) in [6, 6.07) is 2.36. The average Bonchev–Trinajstić information content (AvgIpc) is 2.69. The number of furan rings is 1. The number of hydrogen-bond donors (Lipinski definition) is 1. The van der Waals surface area contributed by atoms with Crippen LogP contribution in [0.3, 0.4) is 0 Å². The van der Waals surface area contributed by atoms with E-state index in [2.05, 4.69) is 21.2 Å². The standard InChI is InChI=1S/C10H9BrN2O4/c1-5-9(15)12-8(14)4-13(5)10(16)6-2-3-7(11)17-6/h2-3,5H,4H2,1H3,(H,12,14,15). The lowest BCUT2D eigenvalue weighted by molar-refractivity contribution is -0.138. The van der Waals surface area contributed by atoms with Crippen molar-refractivity contribution in [1.29, 1.82) is 0 Å². The Labute approximate surface area is 105 Å². The Morgan fingerprint density at radius 1 is 1.53 bits per heavy atom. The van der Waals surface area contributed by atoms with E-state index in [0.29, 0.717) is 4.67 Å². The minimum Gasteiger partial charge on any atom is -0.444 e. The zero-order valence-electron chi connectivity index (χ0n) is 8.90. The van der Waals surface area contributed by atoms with Gasteiger partial charge in [-0.2, -0.15) is 0 Å². The molecule has 1 unspecified atom stereocenters. The van der Waals surface area contributed by atoms with Crippen molar-refractivity contribution < 1.29 is 18.8 Å². The van der Waals surface area contributed by atoms with Gasteiger partial charge in [-0.25, -0.2) is 0 Å². The number of halogens is 1. The normalized spacial score (nSPS) is 20.4. The van der Waals surface area contributed by atoms with Crippen LogP contribution in [0.2, 0.25) is 0 Å². The molecule has 2 heterocycles. The predicted molar refractivity (Wildman–Crippen MR) is 60.1 cm³/mol. The van der Waals surface area contributed by atoms with Crippen LogP contribution in [0, 0.1) is 0 Å². The first kappa shape index (κ1) is 11.8. The summed E-state index contributed by atoms with van der Waals surface area (Å²) in [7, 11) is 0. The first-order chi connectivity index (χ1) is 7.99. The van der Waals surface area contributed by atoms with E-state index in [4.69, 9.17) is 4.42 Å². The van der Waals surface area contributed by atoms with Gasteiger partial charge >= 0.3 is 0 Å². The highest BCUT2D eigenvalue weighted by molar-refractivity contribution is 9.10. The number of nitrogens with one attached hydrogen (secondary N) is 1. The molecule has 0 aliphatic carbocycles. The molecule has 1 N–H and O–H groups in total. The molecule has 0 aromatic carbocycles. The first-order valence-corrected chi connectivity index (χ1v) is 5.68. The third-order valence-corrected chi connectivity index (χ3v) is 2.89. The van der Waals surface area contributed by atoms with Gasteiger partial charge < -0.3 is 9.32 Å². The summed E-state index contributed by atoms with van der Waals surface area (Å²) in [5.41, 5.74) is 0. The van der Waals surface area contributed by atoms with Gasteiger partial charge in [0.2, 0.25) is 11.8 Å². The molecule has 1 aliphatic heterocycles. The van der Waals surface area contributed by atoms with E-state index in [1.165, 1.54) is 11.0 Å². The molecule has 1 aliphatic rings. The van der Waals surface area contributed by atoms with Gasteiger partial charge in [-0.1, -0.05) is 0 Å². The third kappa shape index (κ3) is 2.23. The molecule has 1 aromatic rings. The second-order valence-electron chi connectivity index (χ2n) is 3.63. The average molecular weight is 301 g/mol. The number of carbonyl (C=O) groups is 3. The quantitative estimate of drug-likeness (QED) is 0.767. The van der Waals surface area contributed by atoms with Gasteiger partial charge in [0.15, 0.2) is 10.4 Å². The van der Waals surface area contributed by atoms with Crippen LogP contribution in [-0.4, -0.2) is 35.2 Å². The van der Waals surface area contributed by atoms with Crippen LogP contribution in [-0.2, 0) is 9.59 Å². The molecule has 0 radical (unpaired) electrons. The van der Waals surface area contributed by atoms with E-state index >= 15 is 0 Å². The molecule has 0 saturated carbocycles. The minimum absolute atomic E-state index is 0.0891. The Morgan fingerprint density at radius 3 is 2.82 bits per heavy atom. The highest BCUT2D eigenvalue weighted by Gasteiger charge is 2.35. The zero-order valence-corrected chi connectivity index (χ0v) is 10.5. The fourth-order valence-electron chi connectivity index (χ4n) is 1.53. The topological polar surface area (TPSA) is 79.6 Å². The van der Waals surface area contributed by atoms with Gasteiger partial charge in [0.25, 0.3) is 5.91 Å².